The molecule has 3 aromatic rings. The van der Waals surface area contributed by atoms with Crippen LogP contribution in [0.25, 0.3) is 10.9 Å². The molecule has 4 heterocycles. The molecule has 8 nitrogen and oxygen atoms in total. The summed E-state index contributed by atoms with van der Waals surface area (Å²) in [6, 6.07) is 10.5. The standard InChI is InChI=1S/C26H35N7O/c1-2-3-11-29-23-22-21(30-25(27)31-23)8-13-33(24(22)34)16-20-6-4-19(5-7-20)15-32-14-10-26(18-32)9-12-28-17-26/h4-8,13,28H,2-3,9-12,14-18H2,1H3,(H3,27,29,30,31). The Labute approximate surface area is 200 Å². The first-order chi connectivity index (χ1) is 16.5. The molecule has 0 bridgehead atoms. The van der Waals surface area contributed by atoms with E-state index in [9.17, 15) is 4.79 Å². The van der Waals surface area contributed by atoms with E-state index in [1.165, 1.54) is 31.5 Å². The van der Waals surface area contributed by atoms with Crippen LogP contribution >= 0.6 is 0 Å². The van der Waals surface area contributed by atoms with E-state index in [4.69, 9.17) is 5.73 Å². The first-order valence-corrected chi connectivity index (χ1v) is 12.5. The SMILES string of the molecule is CCCCNc1nc(N)nc2ccn(Cc3ccc(CN4CCC5(CCNC5)C4)cc3)c(=O)c12. The normalized spacial score (nSPS) is 20.5. The largest absolute Gasteiger partial charge is 0.369 e. The highest BCUT2D eigenvalue weighted by molar-refractivity contribution is 5.89. The Bertz CT molecular complexity index is 1200. The Morgan fingerprint density at radius 1 is 1.12 bits per heavy atom. The van der Waals surface area contributed by atoms with Gasteiger partial charge in [-0.1, -0.05) is 37.6 Å². The van der Waals surface area contributed by atoms with Gasteiger partial charge in [0.25, 0.3) is 5.56 Å². The highest BCUT2D eigenvalue weighted by Crippen LogP contribution is 2.36. The number of nitrogens with two attached hydrogens (primary N) is 1. The predicted octanol–water partition coefficient (Wildman–Crippen LogP) is 2.82. The quantitative estimate of drug-likeness (QED) is 0.444. The molecule has 1 aromatic carbocycles. The Balaban J connectivity index is 1.30. The van der Waals surface area contributed by atoms with Crippen molar-refractivity contribution in [3.05, 3.63) is 58.0 Å². The van der Waals surface area contributed by atoms with Crippen LogP contribution in [0.3, 0.4) is 0 Å². The Morgan fingerprint density at radius 2 is 1.91 bits per heavy atom. The number of likely N-dealkylation sites (tertiary alicyclic amines) is 1. The second-order valence-corrected chi connectivity index (χ2v) is 9.92. The maximum atomic E-state index is 13.3. The van der Waals surface area contributed by atoms with E-state index in [-0.39, 0.29) is 11.5 Å². The minimum Gasteiger partial charge on any atom is -0.369 e. The van der Waals surface area contributed by atoms with E-state index >= 15 is 0 Å². The summed E-state index contributed by atoms with van der Waals surface area (Å²) in [5.41, 5.74) is 9.25. The van der Waals surface area contributed by atoms with Crippen molar-refractivity contribution in [2.45, 2.75) is 45.7 Å². The lowest BCUT2D eigenvalue weighted by Gasteiger charge is -2.22. The van der Waals surface area contributed by atoms with Crippen LogP contribution in [0.4, 0.5) is 11.8 Å². The zero-order valence-corrected chi connectivity index (χ0v) is 20.0. The number of unbranched alkanes of at least 4 members (excludes halogenated alkanes) is 1. The van der Waals surface area contributed by atoms with Gasteiger partial charge in [-0.25, -0.2) is 4.98 Å². The molecular formula is C26H35N7O. The van der Waals surface area contributed by atoms with Crippen LogP contribution in [0.2, 0.25) is 0 Å². The molecule has 180 valence electrons. The number of anilines is 2. The average molecular weight is 462 g/mol. The topological polar surface area (TPSA) is 101 Å². The number of fused-ring (bicyclic) bond motifs is 1. The summed E-state index contributed by atoms with van der Waals surface area (Å²) in [7, 11) is 0. The van der Waals surface area contributed by atoms with Crippen molar-refractivity contribution >= 4 is 22.7 Å². The van der Waals surface area contributed by atoms with Gasteiger partial charge in [-0.15, -0.1) is 0 Å². The lowest BCUT2D eigenvalue weighted by Crippen LogP contribution is -2.28. The van der Waals surface area contributed by atoms with Crippen LogP contribution in [0.1, 0.15) is 43.7 Å². The van der Waals surface area contributed by atoms with E-state index in [1.54, 1.807) is 10.8 Å². The molecule has 4 N–H and O–H groups in total. The number of hydrogen-bond acceptors (Lipinski definition) is 7. The molecule has 2 aliphatic heterocycles. The predicted molar refractivity (Wildman–Crippen MR) is 137 cm³/mol. The van der Waals surface area contributed by atoms with Crippen LogP contribution < -0.4 is 21.9 Å². The number of benzene rings is 1. The average Bonchev–Trinajstić information content (AvgIpc) is 3.46. The van der Waals surface area contributed by atoms with Crippen molar-refractivity contribution in [3.63, 3.8) is 0 Å². The monoisotopic (exact) mass is 461 g/mol. The highest BCUT2D eigenvalue weighted by Gasteiger charge is 2.39. The lowest BCUT2D eigenvalue weighted by molar-refractivity contribution is 0.268. The van der Waals surface area contributed by atoms with E-state index in [0.717, 1.165) is 44.6 Å². The molecule has 5 rings (SSSR count). The van der Waals surface area contributed by atoms with Gasteiger partial charge in [0.15, 0.2) is 0 Å². The number of hydrogen-bond donors (Lipinski definition) is 3. The fourth-order valence-electron chi connectivity index (χ4n) is 5.35. The number of nitrogens with zero attached hydrogens (tertiary/aromatic N) is 4. The van der Waals surface area contributed by atoms with Gasteiger partial charge in [0.05, 0.1) is 12.1 Å². The molecule has 2 aliphatic rings. The highest BCUT2D eigenvalue weighted by atomic mass is 16.1. The van der Waals surface area contributed by atoms with Gasteiger partial charge in [-0.05, 0) is 55.0 Å². The smallest absolute Gasteiger partial charge is 0.264 e. The third kappa shape index (κ3) is 4.79. The summed E-state index contributed by atoms with van der Waals surface area (Å²) in [6.45, 7) is 9.05. The van der Waals surface area contributed by atoms with Crippen LogP contribution in [-0.2, 0) is 13.1 Å². The van der Waals surface area contributed by atoms with Crippen LogP contribution in [-0.4, -0.2) is 52.2 Å². The molecule has 8 heteroatoms. The summed E-state index contributed by atoms with van der Waals surface area (Å²) in [4.78, 5) is 24.5. The number of aromatic nitrogens is 3. The molecular weight excluding hydrogens is 426 g/mol. The van der Waals surface area contributed by atoms with Crippen molar-refractivity contribution in [1.29, 1.82) is 0 Å². The molecule has 1 unspecified atom stereocenters. The third-order valence-electron chi connectivity index (χ3n) is 7.30. The van der Waals surface area contributed by atoms with Crippen LogP contribution in [0.15, 0.2) is 41.3 Å². The molecule has 0 aliphatic carbocycles. The van der Waals surface area contributed by atoms with Gasteiger partial charge >= 0.3 is 0 Å². The molecule has 2 saturated heterocycles. The van der Waals surface area contributed by atoms with E-state index in [0.29, 0.717) is 28.7 Å². The molecule has 34 heavy (non-hydrogen) atoms. The molecule has 0 amide bonds. The minimum absolute atomic E-state index is 0.104. The second kappa shape index (κ2) is 9.72. The summed E-state index contributed by atoms with van der Waals surface area (Å²) in [5, 5.41) is 7.29. The van der Waals surface area contributed by atoms with Gasteiger partial charge in [0, 0.05) is 32.4 Å². The fraction of sp³-hybridized carbons (Fsp3) is 0.500. The van der Waals surface area contributed by atoms with Gasteiger partial charge in [-0.3, -0.25) is 9.69 Å². The summed E-state index contributed by atoms with van der Waals surface area (Å²) in [5.74, 6) is 0.693. The van der Waals surface area contributed by atoms with Gasteiger partial charge in [0.2, 0.25) is 5.95 Å². The number of rotatable bonds is 8. The maximum Gasteiger partial charge on any atom is 0.264 e. The maximum absolute atomic E-state index is 13.3. The zero-order valence-electron chi connectivity index (χ0n) is 20.0. The van der Waals surface area contributed by atoms with E-state index in [2.05, 4.69) is 56.7 Å². The van der Waals surface area contributed by atoms with Crippen LogP contribution in [0, 0.1) is 5.41 Å². The second-order valence-electron chi connectivity index (χ2n) is 9.92. The van der Waals surface area contributed by atoms with Crippen molar-refractivity contribution in [3.8, 4) is 0 Å². The molecule has 2 aromatic heterocycles. The summed E-state index contributed by atoms with van der Waals surface area (Å²) in [6.07, 6.45) is 6.44. The van der Waals surface area contributed by atoms with Gasteiger partial charge in [-0.2, -0.15) is 4.98 Å². The number of nitrogens with one attached hydrogen (secondary N) is 2. The Morgan fingerprint density at radius 3 is 2.65 bits per heavy atom. The van der Waals surface area contributed by atoms with Crippen molar-refractivity contribution in [1.82, 2.24) is 24.8 Å². The summed E-state index contributed by atoms with van der Waals surface area (Å²) >= 11 is 0. The molecule has 1 atom stereocenters. The van der Waals surface area contributed by atoms with Crippen molar-refractivity contribution < 1.29 is 0 Å². The van der Waals surface area contributed by atoms with Crippen LogP contribution in [0.5, 0.6) is 0 Å². The molecule has 2 fully saturated rings. The zero-order chi connectivity index (χ0) is 23.5. The first kappa shape index (κ1) is 22.8. The van der Waals surface area contributed by atoms with Crippen molar-refractivity contribution in [2.24, 2.45) is 5.41 Å². The minimum atomic E-state index is -0.104. The van der Waals surface area contributed by atoms with Gasteiger partial charge in [0.1, 0.15) is 11.2 Å². The fourth-order valence-corrected chi connectivity index (χ4v) is 5.35. The number of pyridine rings is 1. The Kier molecular flexibility index (Phi) is 6.52. The van der Waals surface area contributed by atoms with Crippen molar-refractivity contribution in [2.75, 3.05) is 43.8 Å². The Hall–Kier alpha value is -2.97. The number of nitrogen functional groups attached to an aromatic ring is 1. The third-order valence-corrected chi connectivity index (χ3v) is 7.30. The molecule has 0 radical (unpaired) electrons. The van der Waals surface area contributed by atoms with Gasteiger partial charge < -0.3 is 20.9 Å². The lowest BCUT2D eigenvalue weighted by atomic mass is 9.86. The summed E-state index contributed by atoms with van der Waals surface area (Å²) < 4.78 is 1.72. The van der Waals surface area contributed by atoms with E-state index in [1.807, 2.05) is 6.07 Å². The first-order valence-electron chi connectivity index (χ1n) is 12.5. The molecule has 1 spiro atoms. The molecule has 0 saturated carbocycles. The van der Waals surface area contributed by atoms with E-state index < -0.39 is 0 Å².